The van der Waals surface area contributed by atoms with Crippen LogP contribution in [0.15, 0.2) is 35.9 Å². The van der Waals surface area contributed by atoms with Crippen LogP contribution in [-0.2, 0) is 14.0 Å². The van der Waals surface area contributed by atoms with Gasteiger partial charge in [-0.2, -0.15) is 0 Å². The zero-order chi connectivity index (χ0) is 21.4. The molecule has 0 aromatic heterocycles. The maximum atomic E-state index is 13.6. The molecule has 0 N–H and O–H groups in total. The summed E-state index contributed by atoms with van der Waals surface area (Å²) in [6.07, 6.45) is 5.68. The Bertz CT molecular complexity index is 833. The Morgan fingerprint density at radius 1 is 1.04 bits per heavy atom. The van der Waals surface area contributed by atoms with E-state index in [4.69, 9.17) is 0 Å². The Morgan fingerprint density at radius 3 is 2.11 bits per heavy atom. The van der Waals surface area contributed by atoms with Crippen LogP contribution in [0.5, 0.6) is 0 Å². The molecule has 3 nitrogen and oxygen atoms in total. The Balaban J connectivity index is 2.39. The van der Waals surface area contributed by atoms with E-state index in [1.807, 2.05) is 57.7 Å². The molecule has 2 unspecified atom stereocenters. The number of amides is 1. The second-order valence-corrected chi connectivity index (χ2v) is 12.5. The first-order valence-electron chi connectivity index (χ1n) is 10.1. The molecular weight excluding hydrogens is 413 g/mol. The molecule has 0 saturated carbocycles. The molecule has 28 heavy (non-hydrogen) atoms. The Kier molecular flexibility index (Phi) is 6.89. The van der Waals surface area contributed by atoms with Gasteiger partial charge < -0.3 is 0 Å². The molecule has 0 bridgehead atoms. The number of carbonyl (C=O) groups is 1. The van der Waals surface area contributed by atoms with Gasteiger partial charge in [-0.3, -0.25) is 0 Å². The van der Waals surface area contributed by atoms with Crippen molar-refractivity contribution in [1.29, 1.82) is 0 Å². The van der Waals surface area contributed by atoms with E-state index < -0.39 is 13.8 Å². The molecule has 2 atom stereocenters. The van der Waals surface area contributed by atoms with Crippen molar-refractivity contribution in [3.05, 3.63) is 52.6 Å². The van der Waals surface area contributed by atoms with E-state index in [1.54, 1.807) is 0 Å². The van der Waals surface area contributed by atoms with Crippen LogP contribution in [0.3, 0.4) is 0 Å². The van der Waals surface area contributed by atoms with Gasteiger partial charge in [0.1, 0.15) is 0 Å². The fraction of sp³-hybridized carbons (Fsp3) is 0.542. The number of nitrogens with zero attached hydrogens (tertiary/aromatic N) is 1. The Hall–Kier alpha value is -1.51. The second-order valence-electron chi connectivity index (χ2n) is 9.31. The van der Waals surface area contributed by atoms with E-state index in [2.05, 4.69) is 39.8 Å². The van der Waals surface area contributed by atoms with Crippen molar-refractivity contribution in [3.8, 4) is 0 Å². The summed E-state index contributed by atoms with van der Waals surface area (Å²) in [4.78, 5) is 14.8. The molecule has 0 radical (unpaired) electrons. The number of allylic oxidation sites excluding steroid dienone is 3. The summed E-state index contributed by atoms with van der Waals surface area (Å²) in [5.74, 6) is 0.00490. The standard InChI is InChI=1S/C24H35NO2Se/c1-15(2)25(16(3)4)23(26)19-11-10-12-21(19)28(27)22-14-17(5)20(13-18(22)6)24(7,8)9/h10-16,21H,1-9H3. The van der Waals surface area contributed by atoms with Crippen LogP contribution in [0, 0.1) is 13.8 Å². The maximum absolute atomic E-state index is 13.6. The fourth-order valence-electron chi connectivity index (χ4n) is 4.00. The summed E-state index contributed by atoms with van der Waals surface area (Å²) in [5, 5.41) is 0. The van der Waals surface area contributed by atoms with Gasteiger partial charge in [0.25, 0.3) is 0 Å². The third-order valence-corrected chi connectivity index (χ3v) is 8.90. The molecule has 1 aromatic rings. The predicted octanol–water partition coefficient (Wildman–Crippen LogP) is 4.74. The minimum atomic E-state index is -2.46. The summed E-state index contributed by atoms with van der Waals surface area (Å²) in [7, 11) is 0. The molecule has 154 valence electrons. The third kappa shape index (κ3) is 4.55. The average molecular weight is 449 g/mol. The number of carbonyl (C=O) groups excluding carboxylic acids is 1. The van der Waals surface area contributed by atoms with Crippen molar-refractivity contribution in [3.63, 3.8) is 0 Å². The van der Waals surface area contributed by atoms with Crippen molar-refractivity contribution in [2.24, 2.45) is 0 Å². The van der Waals surface area contributed by atoms with Gasteiger partial charge in [-0.25, -0.2) is 0 Å². The van der Waals surface area contributed by atoms with Gasteiger partial charge in [-0.1, -0.05) is 0 Å². The zero-order valence-corrected chi connectivity index (χ0v) is 20.5. The van der Waals surface area contributed by atoms with E-state index in [1.165, 1.54) is 11.1 Å². The summed E-state index contributed by atoms with van der Waals surface area (Å²) < 4.78 is 14.5. The molecule has 1 amide bonds. The summed E-state index contributed by atoms with van der Waals surface area (Å²) >= 11 is -2.46. The first kappa shape index (κ1) is 22.8. The van der Waals surface area contributed by atoms with Gasteiger partial charge >= 0.3 is 175 Å². The normalized spacial score (nSPS) is 18.0. The van der Waals surface area contributed by atoms with Crippen LogP contribution in [0.2, 0.25) is 4.82 Å². The van der Waals surface area contributed by atoms with Crippen molar-refractivity contribution >= 4 is 24.2 Å². The van der Waals surface area contributed by atoms with Crippen LogP contribution in [0.1, 0.15) is 65.2 Å². The summed E-state index contributed by atoms with van der Waals surface area (Å²) in [6, 6.07) is 4.48. The SMILES string of the molecule is Cc1cc(C(C)(C)C)c(C)cc1[Se](=O)C1C=CC=C1C(=O)N(C(C)C)C(C)C. The molecule has 2 rings (SSSR count). The average Bonchev–Trinajstić information content (AvgIpc) is 3.03. The second kappa shape index (κ2) is 8.47. The first-order chi connectivity index (χ1) is 12.9. The number of hydrogen-bond donors (Lipinski definition) is 0. The summed E-state index contributed by atoms with van der Waals surface area (Å²) in [6.45, 7) is 18.8. The Morgan fingerprint density at radius 2 is 1.61 bits per heavy atom. The quantitative estimate of drug-likeness (QED) is 0.610. The molecule has 1 aliphatic rings. The van der Waals surface area contributed by atoms with E-state index in [9.17, 15) is 8.63 Å². The van der Waals surface area contributed by atoms with Crippen LogP contribution in [-0.4, -0.2) is 36.7 Å². The molecule has 0 spiro atoms. The molecule has 0 saturated heterocycles. The van der Waals surface area contributed by atoms with Crippen molar-refractivity contribution in [2.75, 3.05) is 0 Å². The van der Waals surface area contributed by atoms with Gasteiger partial charge in [-0.15, -0.1) is 0 Å². The monoisotopic (exact) mass is 449 g/mol. The van der Waals surface area contributed by atoms with E-state index in [-0.39, 0.29) is 28.2 Å². The van der Waals surface area contributed by atoms with Gasteiger partial charge in [0.2, 0.25) is 0 Å². The fourth-order valence-corrected chi connectivity index (χ4v) is 7.33. The zero-order valence-electron chi connectivity index (χ0n) is 18.8. The molecule has 1 aliphatic carbocycles. The predicted molar refractivity (Wildman–Crippen MR) is 119 cm³/mol. The van der Waals surface area contributed by atoms with Crippen LogP contribution in [0.4, 0.5) is 0 Å². The number of benzene rings is 1. The van der Waals surface area contributed by atoms with Gasteiger partial charge in [0, 0.05) is 0 Å². The topological polar surface area (TPSA) is 37.4 Å². The van der Waals surface area contributed by atoms with Gasteiger partial charge in [0.05, 0.1) is 0 Å². The number of hydrogen-bond acceptors (Lipinski definition) is 2. The summed E-state index contributed by atoms with van der Waals surface area (Å²) in [5.41, 5.74) is 4.23. The molecule has 4 heteroatoms. The van der Waals surface area contributed by atoms with Gasteiger partial charge in [0.15, 0.2) is 0 Å². The first-order valence-corrected chi connectivity index (χ1v) is 12.6. The van der Waals surface area contributed by atoms with Gasteiger partial charge in [-0.05, 0) is 0 Å². The van der Waals surface area contributed by atoms with Crippen LogP contribution >= 0.6 is 0 Å². The minimum absolute atomic E-state index is 0.00490. The molecule has 0 aliphatic heterocycles. The van der Waals surface area contributed by atoms with Crippen molar-refractivity contribution in [2.45, 2.75) is 84.6 Å². The number of aryl methyl sites for hydroxylation is 2. The van der Waals surface area contributed by atoms with E-state index in [0.29, 0.717) is 5.57 Å². The molecular formula is C24H35NO2Se. The van der Waals surface area contributed by atoms with E-state index >= 15 is 0 Å². The third-order valence-electron chi connectivity index (χ3n) is 5.24. The molecule has 0 fully saturated rings. The van der Waals surface area contributed by atoms with E-state index in [0.717, 1.165) is 10.0 Å². The number of rotatable bonds is 5. The molecule has 1 aromatic carbocycles. The van der Waals surface area contributed by atoms with Crippen LogP contribution < -0.4 is 4.46 Å². The molecule has 0 heterocycles. The van der Waals surface area contributed by atoms with Crippen molar-refractivity contribution < 1.29 is 8.63 Å². The Labute approximate surface area is 175 Å². The van der Waals surface area contributed by atoms with Crippen molar-refractivity contribution in [1.82, 2.24) is 4.90 Å². The van der Waals surface area contributed by atoms with Crippen LogP contribution in [0.25, 0.3) is 0 Å².